The Bertz CT molecular complexity index is 5080. The molecule has 6 N–H and O–H groups in total. The number of likely N-dealkylation sites (tertiary alicyclic amines) is 1. The van der Waals surface area contributed by atoms with Crippen molar-refractivity contribution in [1.29, 1.82) is 0 Å². The number of sulfonamides is 1. The number of aliphatic hydroxyl groups excluding tert-OH is 1. The summed E-state index contributed by atoms with van der Waals surface area (Å²) in [6, 6.07) is 35.3. The van der Waals surface area contributed by atoms with E-state index in [4.69, 9.17) is 21.3 Å². The molecule has 1 aliphatic carbocycles. The van der Waals surface area contributed by atoms with Gasteiger partial charge in [-0.3, -0.25) is 48.6 Å². The molecule has 6 atom stereocenters. The van der Waals surface area contributed by atoms with Crippen LogP contribution in [0.1, 0.15) is 122 Å². The number of hydrogen-bond acceptors (Lipinski definition) is 23. The Morgan fingerprint density at radius 3 is 2.06 bits per heavy atom. The van der Waals surface area contributed by atoms with Crippen molar-refractivity contribution in [3.05, 3.63) is 189 Å². The molecule has 124 heavy (non-hydrogen) atoms. The number of carbonyl (C=O) groups is 5. The van der Waals surface area contributed by atoms with Crippen molar-refractivity contribution < 1.29 is 63.8 Å². The predicted octanol–water partition coefficient (Wildman–Crippen LogP) is 10.6. The van der Waals surface area contributed by atoms with E-state index in [1.807, 2.05) is 129 Å². The number of alkyl halides is 3. The van der Waals surface area contributed by atoms with Gasteiger partial charge in [0, 0.05) is 190 Å². The SMILES string of the molecule is Cc1ncsc1-c1ccc([C@H](C)NC(=O)[C@@H]2C[C@@H](O)CN2C(=O)C(NC(=O)CN2CCN(CCNC(=O)c3ccc(CN4CCN(CC5(C)CCC(c6ccc(Cl)cc6)=C(CN6CCN(c7ccc(C(=O)NS(=O)(=O)c8ccc(NC(CCN9CCCOCC9)CSc9ccccc9)c(S(=O)(=O)C(F)(F)F)c8)cc7)CC6)C5)CC4)nc3)CC2)C(C)(C)C)cc1. The summed E-state index contributed by atoms with van der Waals surface area (Å²) >= 11 is 9.44. The molecule has 5 aromatic carbocycles. The number of aromatic nitrogens is 2. The number of ether oxygens (including phenoxy) is 1. The number of rotatable bonds is 32. The molecule has 0 spiro atoms. The first kappa shape index (κ1) is 93.2. The maximum atomic E-state index is 14.5. The molecule has 0 saturated carbocycles. The topological polar surface area (TPSA) is 295 Å². The fourth-order valence-corrected chi connectivity index (χ4v) is 21.2. The lowest BCUT2D eigenvalue weighted by Gasteiger charge is -2.44. The Hall–Kier alpha value is -8.42. The Kier molecular flexibility index (Phi) is 31.2. The molecule has 7 aromatic rings. The van der Waals surface area contributed by atoms with Crippen molar-refractivity contribution >= 4 is 101 Å². The number of aryl methyl sites for hydroxylation is 1. The van der Waals surface area contributed by atoms with Gasteiger partial charge in [0.2, 0.25) is 17.7 Å². The second kappa shape index (κ2) is 41.6. The summed E-state index contributed by atoms with van der Waals surface area (Å²) in [5, 5.41) is 23.6. The fourth-order valence-electron chi connectivity index (χ4n) is 17.3. The summed E-state index contributed by atoms with van der Waals surface area (Å²) in [5.41, 5.74) is 3.88. The maximum absolute atomic E-state index is 14.5. The molecule has 13 rings (SSSR count). The lowest BCUT2D eigenvalue weighted by Crippen LogP contribution is -2.59. The number of hydrogen-bond donors (Lipinski definition) is 6. The number of thiazole rings is 1. The number of amides is 5. The third-order valence-corrected chi connectivity index (χ3v) is 29.7. The summed E-state index contributed by atoms with van der Waals surface area (Å²) in [7, 11) is -11.0. The summed E-state index contributed by atoms with van der Waals surface area (Å²) in [5.74, 6) is -2.00. The van der Waals surface area contributed by atoms with Gasteiger partial charge in [-0.05, 0) is 158 Å². The molecule has 668 valence electrons. The molecule has 5 aliphatic heterocycles. The van der Waals surface area contributed by atoms with Gasteiger partial charge in [-0.1, -0.05) is 99.5 Å². The number of nitrogens with zero attached hydrogens (tertiary/aromatic N) is 10. The largest absolute Gasteiger partial charge is 0.501 e. The highest BCUT2D eigenvalue weighted by Gasteiger charge is 2.49. The molecular weight excluding hydrogens is 1690 g/mol. The second-order valence-corrected chi connectivity index (χ2v) is 40.8. The highest BCUT2D eigenvalue weighted by molar-refractivity contribution is 7.99. The number of benzene rings is 5. The fraction of sp³-hybridized carbons (Fsp3) is 0.500. The number of halogens is 4. The lowest BCUT2D eigenvalue weighted by atomic mass is 9.71. The zero-order valence-corrected chi connectivity index (χ0v) is 75.3. The van der Waals surface area contributed by atoms with Gasteiger partial charge in [0.05, 0.1) is 63.2 Å². The maximum Gasteiger partial charge on any atom is 0.501 e. The predicted molar refractivity (Wildman–Crippen MR) is 478 cm³/mol. The number of carbonyl (C=O) groups excluding carboxylic acids is 5. The van der Waals surface area contributed by atoms with Crippen LogP contribution in [0.25, 0.3) is 16.0 Å². The molecule has 5 saturated heterocycles. The third kappa shape index (κ3) is 24.7. The van der Waals surface area contributed by atoms with Gasteiger partial charge in [0.15, 0.2) is 0 Å². The van der Waals surface area contributed by atoms with Crippen LogP contribution in [0.15, 0.2) is 165 Å². The number of anilines is 2. The van der Waals surface area contributed by atoms with Gasteiger partial charge in [-0.25, -0.2) is 26.5 Å². The summed E-state index contributed by atoms with van der Waals surface area (Å²) < 4.78 is 105. The average Bonchev–Trinajstić information content (AvgIpc) is 0.918. The average molecular weight is 1800 g/mol. The van der Waals surface area contributed by atoms with E-state index in [1.165, 1.54) is 45.5 Å². The first-order valence-electron chi connectivity index (χ1n) is 42.7. The molecule has 3 unspecified atom stereocenters. The first-order chi connectivity index (χ1) is 59.2. The molecule has 5 amide bonds. The standard InChI is InChI=1S/C90H115ClF3N15O11S4/c1-62(64-13-15-66(16-14-64)82-63(2)97-61-122-82)98-86(114)79-51-74(110)57-109(79)87(115)83(88(3,4)5)100-81(111)58-106-38-36-103(37-39-106)35-32-95-84(112)68-19-24-71(96-54-68)56-105-40-42-107(43-41-105)60-89(6)31-29-77(65-17-22-70(91)23-18-65)69(53-89)55-104-44-46-108(47-45-104)73-25-20-67(21-26-73)85(113)101-124(118,119)76-27-28-78(80(52-76)123(116,117)90(92,93)94)99-72(59-121-75-11-8-7-9-12-75)30-34-102-33-10-49-120-50-48-102/h7-9,11-28,52,54,61-62,72,74,79,83,99,110H,10,29-51,53,55-60H2,1-6H3,(H,95,112)(H,98,114)(H,100,111)(H,101,113)/t62-,72?,74+,79-,83?,89?/m0/s1. The van der Waals surface area contributed by atoms with E-state index in [1.54, 1.807) is 29.7 Å². The molecule has 7 heterocycles. The van der Waals surface area contributed by atoms with E-state index in [0.717, 1.165) is 135 Å². The number of allylic oxidation sites excluding steroid dienone is 1. The number of pyridine rings is 1. The minimum atomic E-state index is -6.11. The van der Waals surface area contributed by atoms with Crippen LogP contribution in [0.3, 0.4) is 0 Å². The van der Waals surface area contributed by atoms with Crippen LogP contribution in [0, 0.1) is 17.8 Å². The van der Waals surface area contributed by atoms with Crippen molar-refractivity contribution in [2.24, 2.45) is 10.8 Å². The van der Waals surface area contributed by atoms with Crippen molar-refractivity contribution in [2.75, 3.05) is 167 Å². The third-order valence-electron chi connectivity index (χ3n) is 24.4. The van der Waals surface area contributed by atoms with Gasteiger partial charge in [-0.2, -0.15) is 13.2 Å². The number of aliphatic hydroxyl groups is 1. The summed E-state index contributed by atoms with van der Waals surface area (Å²) in [6.07, 6.45) is 4.93. The van der Waals surface area contributed by atoms with Crippen LogP contribution in [0.2, 0.25) is 5.02 Å². The minimum absolute atomic E-state index is 0.0145. The number of piperazine rings is 3. The number of thioether (sulfide) groups is 1. The molecule has 6 aliphatic rings. The molecule has 0 bridgehead atoms. The van der Waals surface area contributed by atoms with E-state index in [2.05, 4.69) is 74.7 Å². The van der Waals surface area contributed by atoms with Crippen molar-refractivity contribution in [2.45, 2.75) is 137 Å². The quantitative estimate of drug-likeness (QED) is 0.0214. The zero-order valence-electron chi connectivity index (χ0n) is 71.3. The smallest absolute Gasteiger partial charge is 0.391 e. The molecule has 0 radical (unpaired) electrons. The van der Waals surface area contributed by atoms with Crippen molar-refractivity contribution in [1.82, 2.24) is 64.9 Å². The first-order valence-corrected chi connectivity index (χ1v) is 47.9. The van der Waals surface area contributed by atoms with Gasteiger partial charge < -0.3 is 50.7 Å². The van der Waals surface area contributed by atoms with Crippen molar-refractivity contribution in [3.63, 3.8) is 0 Å². The molecule has 2 aromatic heterocycles. The van der Waals surface area contributed by atoms with Crippen LogP contribution in [-0.4, -0.2) is 282 Å². The van der Waals surface area contributed by atoms with E-state index >= 15 is 0 Å². The Labute approximate surface area is 739 Å². The molecule has 26 nitrogen and oxygen atoms in total. The summed E-state index contributed by atoms with van der Waals surface area (Å²) in [4.78, 5) is 95.6. The number of nitrogens with one attached hydrogen (secondary N) is 5. The van der Waals surface area contributed by atoms with Gasteiger partial charge in [0.1, 0.15) is 17.0 Å². The zero-order chi connectivity index (χ0) is 88.1. The van der Waals surface area contributed by atoms with Crippen LogP contribution in [0.4, 0.5) is 24.5 Å². The van der Waals surface area contributed by atoms with E-state index in [-0.39, 0.29) is 54.3 Å². The number of sulfone groups is 1. The van der Waals surface area contributed by atoms with Gasteiger partial charge in [0.25, 0.3) is 31.7 Å². The molecule has 34 heteroatoms. The van der Waals surface area contributed by atoms with Crippen LogP contribution in [0.5, 0.6) is 0 Å². The Morgan fingerprint density at radius 1 is 0.718 bits per heavy atom. The second-order valence-electron chi connectivity index (χ2n) is 34.8. The Balaban J connectivity index is 0.533. The van der Waals surface area contributed by atoms with Gasteiger partial charge in [-0.15, -0.1) is 23.1 Å². The van der Waals surface area contributed by atoms with E-state index in [9.17, 15) is 59.1 Å². The van der Waals surface area contributed by atoms with Crippen molar-refractivity contribution in [3.8, 4) is 10.4 Å². The summed E-state index contributed by atoms with van der Waals surface area (Å²) in [6.45, 7) is 27.5. The highest BCUT2D eigenvalue weighted by atomic mass is 35.5. The Morgan fingerprint density at radius 2 is 1.38 bits per heavy atom. The number of β-amino-alcohol motifs (C(OH)–C–C–N with tert-alkyl or cyclic N) is 1. The van der Waals surface area contributed by atoms with E-state index < -0.39 is 82.3 Å². The molecular formula is C90H115ClF3N15O11S4. The molecule has 5 fully saturated rings. The minimum Gasteiger partial charge on any atom is -0.391 e. The lowest BCUT2D eigenvalue weighted by molar-refractivity contribution is -0.144. The van der Waals surface area contributed by atoms with E-state index in [0.29, 0.717) is 114 Å². The van der Waals surface area contributed by atoms with Gasteiger partial charge >= 0.3 is 5.51 Å². The van der Waals surface area contributed by atoms with Crippen LogP contribution >= 0.6 is 34.7 Å². The normalized spacial score (nSPS) is 20.6. The monoisotopic (exact) mass is 1800 g/mol. The van der Waals surface area contributed by atoms with Crippen LogP contribution < -0.4 is 30.9 Å². The van der Waals surface area contributed by atoms with Crippen LogP contribution in [-0.2, 0) is 45.5 Å². The highest BCUT2D eigenvalue weighted by Crippen LogP contribution is 2.45.